The van der Waals surface area contributed by atoms with Crippen LogP contribution in [-0.4, -0.2) is 13.7 Å². The zero-order valence-corrected chi connectivity index (χ0v) is 11.5. The summed E-state index contributed by atoms with van der Waals surface area (Å²) in [7, 11) is 1.71. The van der Waals surface area contributed by atoms with Gasteiger partial charge in [-0.25, -0.2) is 0 Å². The van der Waals surface area contributed by atoms with Crippen LogP contribution in [0.5, 0.6) is 5.75 Å². The van der Waals surface area contributed by atoms with Crippen LogP contribution in [0.4, 0.5) is 0 Å². The van der Waals surface area contributed by atoms with Gasteiger partial charge in [-0.15, -0.1) is 0 Å². The van der Waals surface area contributed by atoms with Crippen molar-refractivity contribution in [2.75, 3.05) is 13.7 Å². The second-order valence-electron chi connectivity index (χ2n) is 5.03. The summed E-state index contributed by atoms with van der Waals surface area (Å²) in [6.07, 6.45) is 2.53. The monoisotopic (exact) mass is 253 g/mol. The lowest BCUT2D eigenvalue weighted by atomic mass is 9.91. The number of hydrogen-bond acceptors (Lipinski definition) is 2. The van der Waals surface area contributed by atoms with Crippen molar-refractivity contribution >= 4 is 11.6 Å². The second-order valence-corrected chi connectivity index (χ2v) is 5.47. The number of benzene rings is 1. The number of ether oxygens (including phenoxy) is 1. The molecule has 0 amide bonds. The van der Waals surface area contributed by atoms with E-state index in [9.17, 15) is 0 Å². The predicted molar refractivity (Wildman–Crippen MR) is 71.8 cm³/mol. The summed E-state index contributed by atoms with van der Waals surface area (Å²) in [6.45, 7) is 5.41. The van der Waals surface area contributed by atoms with Gasteiger partial charge < -0.3 is 10.1 Å². The molecule has 17 heavy (non-hydrogen) atoms. The molecule has 1 fully saturated rings. The van der Waals surface area contributed by atoms with E-state index in [2.05, 4.69) is 19.2 Å². The smallest absolute Gasteiger partial charge is 0.123 e. The molecule has 1 aliphatic carbocycles. The Kier molecular flexibility index (Phi) is 3.64. The fourth-order valence-electron chi connectivity index (χ4n) is 2.35. The van der Waals surface area contributed by atoms with Gasteiger partial charge in [0.15, 0.2) is 0 Å². The third kappa shape index (κ3) is 2.58. The van der Waals surface area contributed by atoms with E-state index >= 15 is 0 Å². The Morgan fingerprint density at radius 2 is 2.18 bits per heavy atom. The Bertz CT molecular complexity index is 401. The first-order valence-electron chi connectivity index (χ1n) is 6.17. The summed E-state index contributed by atoms with van der Waals surface area (Å²) in [5, 5.41) is 4.34. The lowest BCUT2D eigenvalue weighted by Gasteiger charge is -2.26. The largest absolute Gasteiger partial charge is 0.496 e. The first-order valence-corrected chi connectivity index (χ1v) is 6.55. The third-order valence-electron chi connectivity index (χ3n) is 3.65. The molecular formula is C14H20ClNO. The molecule has 1 atom stereocenters. The Morgan fingerprint density at radius 1 is 1.47 bits per heavy atom. The highest BCUT2D eigenvalue weighted by Gasteiger charge is 2.46. The number of halogens is 1. The van der Waals surface area contributed by atoms with Crippen molar-refractivity contribution in [3.63, 3.8) is 0 Å². The van der Waals surface area contributed by atoms with E-state index in [0.717, 1.165) is 17.3 Å². The van der Waals surface area contributed by atoms with E-state index in [1.165, 1.54) is 18.4 Å². The molecule has 0 bridgehead atoms. The van der Waals surface area contributed by atoms with E-state index in [-0.39, 0.29) is 0 Å². The first-order chi connectivity index (χ1) is 8.10. The first kappa shape index (κ1) is 12.7. The minimum atomic E-state index is 0.334. The van der Waals surface area contributed by atoms with Crippen molar-refractivity contribution in [1.29, 1.82) is 0 Å². The van der Waals surface area contributed by atoms with Gasteiger partial charge in [0.2, 0.25) is 0 Å². The van der Waals surface area contributed by atoms with Crippen molar-refractivity contribution in [3.05, 3.63) is 28.8 Å². The van der Waals surface area contributed by atoms with Crippen molar-refractivity contribution in [3.8, 4) is 5.75 Å². The summed E-state index contributed by atoms with van der Waals surface area (Å²) >= 11 is 6.11. The van der Waals surface area contributed by atoms with Crippen molar-refractivity contribution in [2.24, 2.45) is 5.41 Å². The molecule has 94 valence electrons. The number of nitrogens with one attached hydrogen (secondary N) is 1. The summed E-state index contributed by atoms with van der Waals surface area (Å²) in [6, 6.07) is 6.19. The summed E-state index contributed by atoms with van der Waals surface area (Å²) in [4.78, 5) is 0. The van der Waals surface area contributed by atoms with E-state index in [0.29, 0.717) is 11.5 Å². The van der Waals surface area contributed by atoms with Crippen molar-refractivity contribution < 1.29 is 4.74 Å². The zero-order valence-electron chi connectivity index (χ0n) is 10.7. The number of methoxy groups -OCH3 is 1. The number of hydrogen-bond donors (Lipinski definition) is 1. The van der Waals surface area contributed by atoms with E-state index in [4.69, 9.17) is 16.3 Å². The Morgan fingerprint density at radius 3 is 2.71 bits per heavy atom. The number of rotatable bonds is 5. The molecule has 0 heterocycles. The van der Waals surface area contributed by atoms with Crippen LogP contribution in [0.25, 0.3) is 0 Å². The molecule has 3 heteroatoms. The van der Waals surface area contributed by atoms with Gasteiger partial charge in [-0.3, -0.25) is 0 Å². The molecule has 2 rings (SSSR count). The second kappa shape index (κ2) is 4.87. The molecule has 1 unspecified atom stereocenters. The van der Waals surface area contributed by atoms with Gasteiger partial charge in [0.05, 0.1) is 7.11 Å². The normalized spacial score (nSPS) is 18.8. The maximum atomic E-state index is 6.11. The Balaban J connectivity index is 2.37. The van der Waals surface area contributed by atoms with Crippen LogP contribution in [0.1, 0.15) is 38.3 Å². The summed E-state index contributed by atoms with van der Waals surface area (Å²) in [5.74, 6) is 0.925. The molecule has 0 spiro atoms. The molecule has 1 saturated carbocycles. The highest BCUT2D eigenvalue weighted by Crippen LogP contribution is 2.55. The van der Waals surface area contributed by atoms with Gasteiger partial charge in [0, 0.05) is 16.6 Å². The van der Waals surface area contributed by atoms with Gasteiger partial charge in [0.25, 0.3) is 0 Å². The molecule has 0 aliphatic heterocycles. The SMILES string of the molecule is CCNC(c1cc(Cl)ccc1OC)C1(C)CC1. The summed E-state index contributed by atoms with van der Waals surface area (Å²) in [5.41, 5.74) is 1.54. The molecule has 1 aromatic rings. The average molecular weight is 254 g/mol. The lowest BCUT2D eigenvalue weighted by Crippen LogP contribution is -2.28. The van der Waals surface area contributed by atoms with Crippen LogP contribution in [0, 0.1) is 5.41 Å². The van der Waals surface area contributed by atoms with Gasteiger partial charge in [0.1, 0.15) is 5.75 Å². The summed E-state index contributed by atoms with van der Waals surface area (Å²) < 4.78 is 5.45. The molecule has 1 aromatic carbocycles. The van der Waals surface area contributed by atoms with Crippen molar-refractivity contribution in [2.45, 2.75) is 32.7 Å². The van der Waals surface area contributed by atoms with Crippen LogP contribution in [-0.2, 0) is 0 Å². The molecule has 1 aliphatic rings. The van der Waals surface area contributed by atoms with Crippen LogP contribution >= 0.6 is 11.6 Å². The average Bonchev–Trinajstić information content (AvgIpc) is 3.05. The minimum absolute atomic E-state index is 0.334. The molecule has 0 radical (unpaired) electrons. The van der Waals surface area contributed by atoms with E-state index in [1.807, 2.05) is 18.2 Å². The third-order valence-corrected chi connectivity index (χ3v) is 3.88. The fourth-order valence-corrected chi connectivity index (χ4v) is 2.53. The fraction of sp³-hybridized carbons (Fsp3) is 0.571. The lowest BCUT2D eigenvalue weighted by molar-refractivity contribution is 0.347. The topological polar surface area (TPSA) is 21.3 Å². The van der Waals surface area contributed by atoms with Crippen molar-refractivity contribution in [1.82, 2.24) is 5.32 Å². The molecule has 2 nitrogen and oxygen atoms in total. The van der Waals surface area contributed by atoms with Gasteiger partial charge in [-0.1, -0.05) is 25.4 Å². The Hall–Kier alpha value is -0.730. The predicted octanol–water partition coefficient (Wildman–Crippen LogP) is 3.80. The standard InChI is InChI=1S/C14H20ClNO/c1-4-16-13(14(2)7-8-14)11-9-10(15)5-6-12(11)17-3/h5-6,9,13,16H,4,7-8H2,1-3H3. The quantitative estimate of drug-likeness (QED) is 0.862. The Labute approximate surface area is 108 Å². The van der Waals surface area contributed by atoms with Crippen LogP contribution < -0.4 is 10.1 Å². The van der Waals surface area contributed by atoms with Crippen LogP contribution in [0.15, 0.2) is 18.2 Å². The van der Waals surface area contributed by atoms with Crippen LogP contribution in [0.3, 0.4) is 0 Å². The molecular weight excluding hydrogens is 234 g/mol. The molecule has 0 aromatic heterocycles. The van der Waals surface area contributed by atoms with E-state index in [1.54, 1.807) is 7.11 Å². The van der Waals surface area contributed by atoms with E-state index < -0.39 is 0 Å². The maximum Gasteiger partial charge on any atom is 0.123 e. The highest BCUT2D eigenvalue weighted by atomic mass is 35.5. The van der Waals surface area contributed by atoms with Gasteiger partial charge in [-0.05, 0) is 43.0 Å². The van der Waals surface area contributed by atoms with Crippen LogP contribution in [0.2, 0.25) is 5.02 Å². The highest BCUT2D eigenvalue weighted by molar-refractivity contribution is 6.30. The zero-order chi connectivity index (χ0) is 12.5. The molecule has 0 saturated heterocycles. The maximum absolute atomic E-state index is 6.11. The van der Waals surface area contributed by atoms with Gasteiger partial charge >= 0.3 is 0 Å². The molecule has 1 N–H and O–H groups in total. The minimum Gasteiger partial charge on any atom is -0.496 e. The van der Waals surface area contributed by atoms with Gasteiger partial charge in [-0.2, -0.15) is 0 Å².